The Kier molecular flexibility index (Phi) is 6.58. The van der Waals surface area contributed by atoms with Gasteiger partial charge >= 0.3 is 6.03 Å². The molecule has 22 heavy (non-hydrogen) atoms. The van der Waals surface area contributed by atoms with Gasteiger partial charge in [-0.05, 0) is 43.1 Å². The minimum atomic E-state index is -0.668. The van der Waals surface area contributed by atoms with Gasteiger partial charge in [-0.3, -0.25) is 0 Å². The molecule has 1 saturated carbocycles. The smallest absolute Gasteiger partial charge is 0.315 e. The summed E-state index contributed by atoms with van der Waals surface area (Å²) in [6.07, 6.45) is 2.60. The second kappa shape index (κ2) is 8.44. The predicted molar refractivity (Wildman–Crippen MR) is 92.2 cm³/mol. The summed E-state index contributed by atoms with van der Waals surface area (Å²) in [6.45, 7) is 4.37. The van der Waals surface area contributed by atoms with Gasteiger partial charge < -0.3 is 15.7 Å². The number of thioether (sulfide) groups is 1. The Morgan fingerprint density at radius 1 is 1.41 bits per heavy atom. The van der Waals surface area contributed by atoms with Crippen LogP contribution in [0.3, 0.4) is 0 Å². The molecule has 122 valence electrons. The lowest BCUT2D eigenvalue weighted by molar-refractivity contribution is 0.172. The molecule has 1 aliphatic rings. The minimum Gasteiger partial charge on any atom is -0.387 e. The molecule has 0 saturated heterocycles. The summed E-state index contributed by atoms with van der Waals surface area (Å²) in [4.78, 5) is 11.9. The number of aliphatic hydroxyl groups is 1. The van der Waals surface area contributed by atoms with Gasteiger partial charge in [-0.15, -0.1) is 0 Å². The number of hydrogen-bond donors (Lipinski definition) is 3. The Morgan fingerprint density at radius 3 is 2.91 bits per heavy atom. The van der Waals surface area contributed by atoms with E-state index in [1.54, 1.807) is 0 Å². The van der Waals surface area contributed by atoms with E-state index in [-0.39, 0.29) is 18.6 Å². The number of carbonyl (C=O) groups excluding carboxylic acids is 1. The summed E-state index contributed by atoms with van der Waals surface area (Å²) in [7, 11) is 0. The fraction of sp³-hybridized carbons (Fsp3) is 0.588. The maximum atomic E-state index is 11.9. The van der Waals surface area contributed by atoms with Crippen LogP contribution in [0.25, 0.3) is 0 Å². The third-order valence-corrected chi connectivity index (χ3v) is 5.36. The summed E-state index contributed by atoms with van der Waals surface area (Å²) in [5.74, 6) is 1.13. The topological polar surface area (TPSA) is 61.4 Å². The highest BCUT2D eigenvalue weighted by molar-refractivity contribution is 7.99. The van der Waals surface area contributed by atoms with Gasteiger partial charge in [0.05, 0.1) is 6.10 Å². The lowest BCUT2D eigenvalue weighted by atomic mass is 10.0. The standard InChI is InChI=1S/C17H26N2O2S/c1-3-22-14-9-8-13(10-14)19-17(21)18-11-16(20)15-7-5-4-6-12(15)2/h4-7,13-14,16,20H,3,8-11H2,1-2H3,(H2,18,19,21). The highest BCUT2D eigenvalue weighted by Crippen LogP contribution is 2.29. The van der Waals surface area contributed by atoms with Gasteiger partial charge in [-0.2, -0.15) is 11.8 Å². The van der Waals surface area contributed by atoms with Gasteiger partial charge in [0.1, 0.15) is 0 Å². The Hall–Kier alpha value is -1.20. The molecule has 0 aliphatic heterocycles. The van der Waals surface area contributed by atoms with Crippen molar-refractivity contribution >= 4 is 17.8 Å². The zero-order valence-electron chi connectivity index (χ0n) is 13.3. The summed E-state index contributed by atoms with van der Waals surface area (Å²) >= 11 is 1.98. The number of nitrogens with one attached hydrogen (secondary N) is 2. The lowest BCUT2D eigenvalue weighted by Gasteiger charge is -2.17. The molecule has 3 unspecified atom stereocenters. The monoisotopic (exact) mass is 322 g/mol. The molecule has 2 rings (SSSR count). The number of urea groups is 1. The Labute approximate surface area is 137 Å². The third-order valence-electron chi connectivity index (χ3n) is 4.13. The van der Waals surface area contributed by atoms with Crippen molar-refractivity contribution in [2.75, 3.05) is 12.3 Å². The van der Waals surface area contributed by atoms with Crippen molar-refractivity contribution in [2.24, 2.45) is 0 Å². The SMILES string of the molecule is CCSC1CCC(NC(=O)NCC(O)c2ccccc2C)C1. The summed E-state index contributed by atoms with van der Waals surface area (Å²) in [5, 5.41) is 16.6. The first-order valence-electron chi connectivity index (χ1n) is 7.99. The maximum Gasteiger partial charge on any atom is 0.315 e. The normalized spacial score (nSPS) is 22.3. The fourth-order valence-electron chi connectivity index (χ4n) is 2.95. The summed E-state index contributed by atoms with van der Waals surface area (Å²) in [5.41, 5.74) is 1.90. The maximum absolute atomic E-state index is 11.9. The van der Waals surface area contributed by atoms with E-state index in [4.69, 9.17) is 0 Å². The van der Waals surface area contributed by atoms with Gasteiger partial charge in [-0.1, -0.05) is 31.2 Å². The first-order valence-corrected chi connectivity index (χ1v) is 9.04. The van der Waals surface area contributed by atoms with E-state index in [0.29, 0.717) is 5.25 Å². The number of benzene rings is 1. The Morgan fingerprint density at radius 2 is 2.18 bits per heavy atom. The van der Waals surface area contributed by atoms with Crippen LogP contribution in [0.4, 0.5) is 4.79 Å². The summed E-state index contributed by atoms with van der Waals surface area (Å²) < 4.78 is 0. The van der Waals surface area contributed by atoms with Crippen molar-refractivity contribution in [1.29, 1.82) is 0 Å². The predicted octanol–water partition coefficient (Wildman–Crippen LogP) is 3.00. The van der Waals surface area contributed by atoms with Crippen LogP contribution in [0.5, 0.6) is 0 Å². The van der Waals surface area contributed by atoms with Crippen molar-refractivity contribution < 1.29 is 9.90 Å². The molecule has 1 aromatic carbocycles. The number of rotatable bonds is 6. The Balaban J connectivity index is 1.73. The fourth-order valence-corrected chi connectivity index (χ4v) is 4.10. The number of amides is 2. The van der Waals surface area contributed by atoms with Crippen LogP contribution < -0.4 is 10.6 Å². The molecule has 1 aliphatic carbocycles. The van der Waals surface area contributed by atoms with E-state index in [2.05, 4.69) is 17.6 Å². The van der Waals surface area contributed by atoms with Crippen molar-refractivity contribution in [3.05, 3.63) is 35.4 Å². The highest BCUT2D eigenvalue weighted by atomic mass is 32.2. The van der Waals surface area contributed by atoms with Crippen LogP contribution in [0.1, 0.15) is 43.4 Å². The average molecular weight is 322 g/mol. The number of aryl methyl sites for hydroxylation is 1. The first-order chi connectivity index (χ1) is 10.6. The molecule has 1 fully saturated rings. The van der Waals surface area contributed by atoms with Crippen molar-refractivity contribution in [1.82, 2.24) is 10.6 Å². The molecule has 0 aromatic heterocycles. The van der Waals surface area contributed by atoms with Gasteiger partial charge in [0.15, 0.2) is 0 Å². The molecule has 0 bridgehead atoms. The molecule has 4 nitrogen and oxygen atoms in total. The molecule has 3 atom stereocenters. The molecular weight excluding hydrogens is 296 g/mol. The quantitative estimate of drug-likeness (QED) is 0.754. The largest absolute Gasteiger partial charge is 0.387 e. The molecule has 0 radical (unpaired) electrons. The second-order valence-electron chi connectivity index (χ2n) is 5.81. The van der Waals surface area contributed by atoms with Crippen LogP contribution in [0, 0.1) is 6.92 Å². The number of aliphatic hydroxyl groups excluding tert-OH is 1. The second-order valence-corrected chi connectivity index (χ2v) is 7.39. The van der Waals surface area contributed by atoms with Gasteiger partial charge in [0.25, 0.3) is 0 Å². The van der Waals surface area contributed by atoms with E-state index in [1.165, 1.54) is 6.42 Å². The molecule has 1 aromatic rings. The van der Waals surface area contributed by atoms with E-state index in [1.807, 2.05) is 43.0 Å². The van der Waals surface area contributed by atoms with Gasteiger partial charge in [-0.25, -0.2) is 4.79 Å². The van der Waals surface area contributed by atoms with E-state index < -0.39 is 6.10 Å². The summed E-state index contributed by atoms with van der Waals surface area (Å²) in [6, 6.07) is 7.78. The molecule has 3 N–H and O–H groups in total. The van der Waals surface area contributed by atoms with Crippen LogP contribution in [0.15, 0.2) is 24.3 Å². The molecule has 5 heteroatoms. The molecule has 0 heterocycles. The number of carbonyl (C=O) groups is 1. The van der Waals surface area contributed by atoms with Gasteiger partial charge in [0, 0.05) is 17.8 Å². The van der Waals surface area contributed by atoms with Crippen LogP contribution in [-0.2, 0) is 0 Å². The third kappa shape index (κ3) is 4.92. The van der Waals surface area contributed by atoms with Crippen molar-refractivity contribution in [2.45, 2.75) is 50.5 Å². The van der Waals surface area contributed by atoms with Crippen LogP contribution in [-0.4, -0.2) is 34.7 Å². The van der Waals surface area contributed by atoms with Gasteiger partial charge in [0.2, 0.25) is 0 Å². The molecule has 2 amide bonds. The molecule has 0 spiro atoms. The lowest BCUT2D eigenvalue weighted by Crippen LogP contribution is -2.42. The van der Waals surface area contributed by atoms with Crippen LogP contribution in [0.2, 0.25) is 0 Å². The number of hydrogen-bond acceptors (Lipinski definition) is 3. The zero-order chi connectivity index (χ0) is 15.9. The van der Waals surface area contributed by atoms with E-state index in [9.17, 15) is 9.90 Å². The first kappa shape index (κ1) is 17.2. The Bertz CT molecular complexity index is 495. The molecular formula is C17H26N2O2S. The van der Waals surface area contributed by atoms with E-state index in [0.717, 1.165) is 29.7 Å². The minimum absolute atomic E-state index is 0.181. The zero-order valence-corrected chi connectivity index (χ0v) is 14.2. The van der Waals surface area contributed by atoms with Crippen molar-refractivity contribution in [3.63, 3.8) is 0 Å². The van der Waals surface area contributed by atoms with Crippen molar-refractivity contribution in [3.8, 4) is 0 Å². The van der Waals surface area contributed by atoms with E-state index >= 15 is 0 Å². The van der Waals surface area contributed by atoms with Crippen LogP contribution >= 0.6 is 11.8 Å². The average Bonchev–Trinajstić information content (AvgIpc) is 2.93. The highest BCUT2D eigenvalue weighted by Gasteiger charge is 2.25.